The Morgan fingerprint density at radius 2 is 2.18 bits per heavy atom. The number of aromatic hydroxyl groups is 1. The molecule has 7 nitrogen and oxygen atoms in total. The van der Waals surface area contributed by atoms with Gasteiger partial charge in [0.15, 0.2) is 5.88 Å². The van der Waals surface area contributed by atoms with Gasteiger partial charge in [-0.2, -0.15) is 0 Å². The first-order valence-corrected chi connectivity index (χ1v) is 9.43. The van der Waals surface area contributed by atoms with E-state index in [1.165, 1.54) is 23.0 Å². The Kier molecular flexibility index (Phi) is 4.41. The average Bonchev–Trinajstić information content (AvgIpc) is 3.30. The molecule has 1 atom stereocenters. The highest BCUT2D eigenvalue weighted by Crippen LogP contribution is 2.32. The number of nitrogens with zero attached hydrogens (tertiary/aromatic N) is 1. The molecule has 1 aliphatic heterocycles. The van der Waals surface area contributed by atoms with Gasteiger partial charge in [0.25, 0.3) is 5.91 Å². The standard InChI is InChI=1S/C19H14ClN3O4S/c1-27-12-3-2-11-9-23(16(24)13(11)8-12)10-19(17(25)21-18(26)22-19)6-4-15-14(20)5-7-28-15/h2-3,5,7-9,24H,10H2,1H3,(H2,21,22,25,26)/t19-/m1/s1. The number of ether oxygens (including phenoxy) is 1. The SMILES string of the molecule is COc1ccc2cn(C[C@@]3(C#Cc4sccc4Cl)NC(=O)NC3=O)c(O)c2c1. The van der Waals surface area contributed by atoms with Crippen molar-refractivity contribution in [3.63, 3.8) is 0 Å². The summed E-state index contributed by atoms with van der Waals surface area (Å²) in [7, 11) is 1.54. The van der Waals surface area contributed by atoms with Crippen molar-refractivity contribution < 1.29 is 19.4 Å². The summed E-state index contributed by atoms with van der Waals surface area (Å²) in [5.74, 6) is 5.65. The number of methoxy groups -OCH3 is 1. The van der Waals surface area contributed by atoms with E-state index >= 15 is 0 Å². The molecule has 3 aromatic rings. The number of thiophene rings is 1. The normalized spacial score (nSPS) is 18.5. The molecule has 0 aliphatic carbocycles. The van der Waals surface area contributed by atoms with Gasteiger partial charge in [0, 0.05) is 17.0 Å². The number of rotatable bonds is 3. The molecule has 4 rings (SSSR count). The van der Waals surface area contributed by atoms with Crippen LogP contribution < -0.4 is 15.4 Å². The Labute approximate surface area is 168 Å². The number of hydrogen-bond donors (Lipinski definition) is 3. The smallest absolute Gasteiger partial charge is 0.323 e. The van der Waals surface area contributed by atoms with Crippen molar-refractivity contribution in [1.82, 2.24) is 15.2 Å². The van der Waals surface area contributed by atoms with Crippen molar-refractivity contribution in [3.05, 3.63) is 45.7 Å². The highest BCUT2D eigenvalue weighted by Gasteiger charge is 2.46. The van der Waals surface area contributed by atoms with E-state index in [0.29, 0.717) is 21.0 Å². The summed E-state index contributed by atoms with van der Waals surface area (Å²) < 4.78 is 6.66. The number of amides is 3. The predicted molar refractivity (Wildman–Crippen MR) is 106 cm³/mol. The van der Waals surface area contributed by atoms with Crippen LogP contribution >= 0.6 is 22.9 Å². The molecule has 0 unspecified atom stereocenters. The van der Waals surface area contributed by atoms with E-state index in [2.05, 4.69) is 22.5 Å². The van der Waals surface area contributed by atoms with Crippen LogP contribution in [0.2, 0.25) is 5.02 Å². The first-order chi connectivity index (χ1) is 13.4. The number of urea groups is 1. The molecule has 1 fully saturated rings. The van der Waals surface area contributed by atoms with Gasteiger partial charge in [-0.15, -0.1) is 11.3 Å². The molecule has 1 aliphatic rings. The number of nitrogens with one attached hydrogen (secondary N) is 2. The molecule has 1 aromatic carbocycles. The summed E-state index contributed by atoms with van der Waals surface area (Å²) in [6.07, 6.45) is 1.68. The second-order valence-electron chi connectivity index (χ2n) is 6.20. The van der Waals surface area contributed by atoms with E-state index < -0.39 is 17.5 Å². The molecule has 3 N–H and O–H groups in total. The van der Waals surface area contributed by atoms with Crippen LogP contribution in [0.1, 0.15) is 4.88 Å². The maximum atomic E-state index is 12.5. The maximum absolute atomic E-state index is 12.5. The van der Waals surface area contributed by atoms with E-state index in [9.17, 15) is 14.7 Å². The lowest BCUT2D eigenvalue weighted by Gasteiger charge is -2.20. The van der Waals surface area contributed by atoms with Crippen molar-refractivity contribution >= 4 is 45.6 Å². The lowest BCUT2D eigenvalue weighted by molar-refractivity contribution is -0.122. The van der Waals surface area contributed by atoms with E-state index in [4.69, 9.17) is 16.3 Å². The summed E-state index contributed by atoms with van der Waals surface area (Å²) >= 11 is 7.40. The second kappa shape index (κ2) is 6.78. The zero-order chi connectivity index (χ0) is 19.9. The van der Waals surface area contributed by atoms with Crippen molar-refractivity contribution in [2.75, 3.05) is 7.11 Å². The molecular weight excluding hydrogens is 402 g/mol. The minimum Gasteiger partial charge on any atom is -0.497 e. The van der Waals surface area contributed by atoms with E-state index in [1.807, 2.05) is 0 Å². The van der Waals surface area contributed by atoms with Crippen molar-refractivity contribution in [3.8, 4) is 23.5 Å². The third-order valence-electron chi connectivity index (χ3n) is 4.42. The molecule has 9 heteroatoms. The largest absolute Gasteiger partial charge is 0.497 e. The van der Waals surface area contributed by atoms with Crippen LogP contribution in [0.5, 0.6) is 11.6 Å². The minimum absolute atomic E-state index is 0.0572. The van der Waals surface area contributed by atoms with Gasteiger partial charge in [0.05, 0.1) is 23.6 Å². The summed E-state index contributed by atoms with van der Waals surface area (Å²) in [5, 5.41) is 19.0. The lowest BCUT2D eigenvalue weighted by Crippen LogP contribution is -2.49. The maximum Gasteiger partial charge on any atom is 0.323 e. The topological polar surface area (TPSA) is 92.6 Å². The molecule has 0 radical (unpaired) electrons. The molecule has 3 amide bonds. The first-order valence-electron chi connectivity index (χ1n) is 8.17. The Balaban J connectivity index is 1.77. The van der Waals surface area contributed by atoms with Gasteiger partial charge in [-0.25, -0.2) is 4.79 Å². The summed E-state index contributed by atoms with van der Waals surface area (Å²) in [6.45, 7) is -0.0800. The zero-order valence-electron chi connectivity index (χ0n) is 14.6. The highest BCUT2D eigenvalue weighted by atomic mass is 35.5. The third-order valence-corrected chi connectivity index (χ3v) is 5.68. The molecule has 0 spiro atoms. The Hall–Kier alpha value is -3.15. The van der Waals surface area contributed by atoms with Crippen LogP contribution in [0.25, 0.3) is 10.8 Å². The summed E-state index contributed by atoms with van der Waals surface area (Å²) in [5.41, 5.74) is -1.54. The highest BCUT2D eigenvalue weighted by molar-refractivity contribution is 7.11. The number of aromatic nitrogens is 1. The van der Waals surface area contributed by atoms with Gasteiger partial charge < -0.3 is 19.7 Å². The second-order valence-corrected chi connectivity index (χ2v) is 7.52. The molecule has 1 saturated heterocycles. The van der Waals surface area contributed by atoms with Crippen LogP contribution in [0.3, 0.4) is 0 Å². The van der Waals surface area contributed by atoms with Gasteiger partial charge in [-0.3, -0.25) is 10.1 Å². The number of benzene rings is 1. The molecule has 2 aromatic heterocycles. The lowest BCUT2D eigenvalue weighted by atomic mass is 10.0. The van der Waals surface area contributed by atoms with Gasteiger partial charge in [0.2, 0.25) is 5.54 Å². The van der Waals surface area contributed by atoms with Crippen LogP contribution in [0.4, 0.5) is 4.79 Å². The molecule has 28 heavy (non-hydrogen) atoms. The third kappa shape index (κ3) is 3.05. The molecule has 0 bridgehead atoms. The first kappa shape index (κ1) is 18.2. The average molecular weight is 416 g/mol. The monoisotopic (exact) mass is 415 g/mol. The van der Waals surface area contributed by atoms with Crippen LogP contribution in [0.15, 0.2) is 35.8 Å². The molecule has 0 saturated carbocycles. The number of imide groups is 1. The van der Waals surface area contributed by atoms with Crippen molar-refractivity contribution in [2.45, 2.75) is 12.1 Å². The summed E-state index contributed by atoms with van der Waals surface area (Å²) in [4.78, 5) is 24.9. The van der Waals surface area contributed by atoms with E-state index in [-0.39, 0.29) is 12.4 Å². The predicted octanol–water partition coefficient (Wildman–Crippen LogP) is 2.70. The number of hydrogen-bond acceptors (Lipinski definition) is 5. The van der Waals surface area contributed by atoms with Crippen LogP contribution in [-0.4, -0.2) is 34.3 Å². The number of halogens is 1. The Bertz CT molecular complexity index is 1170. The minimum atomic E-state index is -1.54. The number of carbonyl (C=O) groups is 2. The molecule has 142 valence electrons. The van der Waals surface area contributed by atoms with E-state index in [0.717, 1.165) is 5.39 Å². The fourth-order valence-corrected chi connectivity index (χ4v) is 3.95. The van der Waals surface area contributed by atoms with Crippen LogP contribution in [0, 0.1) is 11.8 Å². The Morgan fingerprint density at radius 1 is 1.36 bits per heavy atom. The van der Waals surface area contributed by atoms with Crippen molar-refractivity contribution in [2.24, 2.45) is 0 Å². The van der Waals surface area contributed by atoms with Gasteiger partial charge in [0.1, 0.15) is 5.75 Å². The zero-order valence-corrected chi connectivity index (χ0v) is 16.1. The Morgan fingerprint density at radius 3 is 2.82 bits per heavy atom. The summed E-state index contributed by atoms with van der Waals surface area (Å²) in [6, 6.07) is 6.31. The molecular formula is C19H14ClN3O4S. The van der Waals surface area contributed by atoms with Crippen LogP contribution in [-0.2, 0) is 11.3 Å². The van der Waals surface area contributed by atoms with Gasteiger partial charge >= 0.3 is 6.03 Å². The quantitative estimate of drug-likeness (QED) is 0.453. The van der Waals surface area contributed by atoms with Gasteiger partial charge in [-0.05, 0) is 29.6 Å². The fourth-order valence-electron chi connectivity index (χ4n) is 3.01. The molecule has 3 heterocycles. The number of fused-ring (bicyclic) bond motifs is 1. The van der Waals surface area contributed by atoms with Crippen molar-refractivity contribution in [1.29, 1.82) is 0 Å². The van der Waals surface area contributed by atoms with Gasteiger partial charge in [-0.1, -0.05) is 23.4 Å². The van der Waals surface area contributed by atoms with E-state index in [1.54, 1.807) is 35.8 Å². The fraction of sp³-hybridized carbons (Fsp3) is 0.158. The number of carbonyl (C=O) groups excluding carboxylic acids is 2.